The molecule has 0 aliphatic carbocycles. The van der Waals surface area contributed by atoms with Crippen molar-refractivity contribution in [2.75, 3.05) is 11.5 Å². The molecular formula is C19H18Br4N2S2. The van der Waals surface area contributed by atoms with Gasteiger partial charge in [-0.05, 0) is 113 Å². The molecule has 0 bridgehead atoms. The summed E-state index contributed by atoms with van der Waals surface area (Å²) in [5, 5.41) is 1.90. The molecule has 2 aromatic carbocycles. The number of benzene rings is 2. The van der Waals surface area contributed by atoms with E-state index >= 15 is 0 Å². The van der Waals surface area contributed by atoms with E-state index < -0.39 is 0 Å². The number of halogens is 4. The molecule has 27 heavy (non-hydrogen) atoms. The first kappa shape index (κ1) is 23.7. The summed E-state index contributed by atoms with van der Waals surface area (Å²) < 4.78 is 3.91. The zero-order valence-corrected chi connectivity index (χ0v) is 21.9. The van der Waals surface area contributed by atoms with E-state index in [-0.39, 0.29) is 7.43 Å². The summed E-state index contributed by atoms with van der Waals surface area (Å²) in [6.07, 6.45) is 0. The van der Waals surface area contributed by atoms with Crippen molar-refractivity contribution in [3.8, 4) is 0 Å². The number of hydrogen-bond acceptors (Lipinski definition) is 4. The largest absolute Gasteiger partial charge is 0.237 e. The topological polar surface area (TPSA) is 24.7 Å². The average molecular weight is 658 g/mol. The third kappa shape index (κ3) is 5.95. The minimum Gasteiger partial charge on any atom is -0.237 e. The molecule has 0 aromatic heterocycles. The first-order chi connectivity index (χ1) is 12.3. The number of aryl methyl sites for hydroxylation is 2. The van der Waals surface area contributed by atoms with Gasteiger partial charge in [0, 0.05) is 29.4 Å². The van der Waals surface area contributed by atoms with Gasteiger partial charge in [-0.15, -0.1) is 23.5 Å². The molecule has 2 aromatic rings. The van der Waals surface area contributed by atoms with E-state index in [1.165, 1.54) is 11.1 Å². The zero-order chi connectivity index (χ0) is 18.8. The molecule has 1 saturated heterocycles. The lowest BCUT2D eigenvalue weighted by Gasteiger charge is -2.16. The fourth-order valence-electron chi connectivity index (χ4n) is 2.36. The van der Waals surface area contributed by atoms with Crippen molar-refractivity contribution < 1.29 is 0 Å². The Kier molecular flexibility index (Phi) is 9.15. The summed E-state index contributed by atoms with van der Waals surface area (Å²) in [5.74, 6) is 2.06. The Balaban J connectivity index is 0.00000261. The molecule has 0 N–H and O–H groups in total. The van der Waals surface area contributed by atoms with Gasteiger partial charge in [-0.3, -0.25) is 0 Å². The number of aliphatic imine (C=N–C) groups is 2. The van der Waals surface area contributed by atoms with Crippen LogP contribution >= 0.6 is 87.2 Å². The molecule has 144 valence electrons. The lowest BCUT2D eigenvalue weighted by Crippen LogP contribution is -2.14. The molecule has 3 rings (SSSR count). The van der Waals surface area contributed by atoms with Crippen LogP contribution in [0.2, 0.25) is 0 Å². The zero-order valence-electron chi connectivity index (χ0n) is 13.9. The van der Waals surface area contributed by atoms with Gasteiger partial charge in [-0.1, -0.05) is 7.43 Å². The molecule has 1 aliphatic heterocycles. The lowest BCUT2D eigenvalue weighted by atomic mass is 10.2. The molecule has 0 radical (unpaired) electrons. The van der Waals surface area contributed by atoms with Crippen LogP contribution in [0.1, 0.15) is 18.6 Å². The van der Waals surface area contributed by atoms with E-state index in [9.17, 15) is 0 Å². The molecule has 0 saturated carbocycles. The Morgan fingerprint density at radius 1 is 0.667 bits per heavy atom. The van der Waals surface area contributed by atoms with Gasteiger partial charge in [-0.25, -0.2) is 9.98 Å². The van der Waals surface area contributed by atoms with Crippen LogP contribution in [0.15, 0.2) is 52.1 Å². The maximum Gasteiger partial charge on any atom is 0.129 e. The lowest BCUT2D eigenvalue weighted by molar-refractivity contribution is 1.38. The predicted octanol–water partition coefficient (Wildman–Crippen LogP) is 9.23. The standard InChI is InChI=1S/C18H14Br4N2S2.CH4/c1-9-5-11(19)15(12(20)6-9)23-17-18(26-4-3-25-17)24-16-13(21)7-10(2)8-14(16)22;/h5-8H,3-4H2,1-2H3;1H4. The molecule has 0 amide bonds. The van der Waals surface area contributed by atoms with Crippen molar-refractivity contribution in [1.29, 1.82) is 0 Å². The van der Waals surface area contributed by atoms with Gasteiger partial charge in [0.1, 0.15) is 10.1 Å². The molecule has 1 heterocycles. The van der Waals surface area contributed by atoms with E-state index in [4.69, 9.17) is 9.98 Å². The molecule has 2 nitrogen and oxygen atoms in total. The van der Waals surface area contributed by atoms with Crippen molar-refractivity contribution in [1.82, 2.24) is 0 Å². The number of rotatable bonds is 2. The first-order valence-electron chi connectivity index (χ1n) is 7.70. The Bertz CT molecular complexity index is 804. The molecule has 0 atom stereocenters. The van der Waals surface area contributed by atoms with Crippen molar-refractivity contribution in [2.24, 2.45) is 9.98 Å². The Hall–Kier alpha value is 0.400. The molecular weight excluding hydrogens is 640 g/mol. The van der Waals surface area contributed by atoms with Gasteiger partial charge < -0.3 is 0 Å². The van der Waals surface area contributed by atoms with Crippen LogP contribution in [0.4, 0.5) is 11.4 Å². The van der Waals surface area contributed by atoms with E-state index in [0.717, 1.165) is 50.9 Å². The predicted molar refractivity (Wildman–Crippen MR) is 139 cm³/mol. The SMILES string of the molecule is C.Cc1cc(Br)c(N=C2SCCSC2=Nc2c(Br)cc(C)cc2Br)c(Br)c1. The monoisotopic (exact) mass is 654 g/mol. The molecule has 0 spiro atoms. The fraction of sp³-hybridized carbons (Fsp3) is 0.263. The number of thioether (sulfide) groups is 2. The van der Waals surface area contributed by atoms with E-state index in [1.807, 2.05) is 0 Å². The highest BCUT2D eigenvalue weighted by Gasteiger charge is 2.19. The Morgan fingerprint density at radius 3 is 1.26 bits per heavy atom. The van der Waals surface area contributed by atoms with Crippen LogP contribution in [-0.4, -0.2) is 21.6 Å². The Morgan fingerprint density at radius 2 is 0.963 bits per heavy atom. The van der Waals surface area contributed by atoms with Crippen molar-refractivity contribution in [3.05, 3.63) is 53.3 Å². The third-order valence-electron chi connectivity index (χ3n) is 3.49. The second-order valence-corrected chi connectivity index (χ2v) is 11.3. The van der Waals surface area contributed by atoms with Crippen LogP contribution in [-0.2, 0) is 0 Å². The minimum absolute atomic E-state index is 0. The van der Waals surface area contributed by atoms with Gasteiger partial charge in [0.05, 0.1) is 11.4 Å². The number of hydrogen-bond donors (Lipinski definition) is 0. The Labute approximate surface area is 203 Å². The normalized spacial score (nSPS) is 17.3. The molecule has 8 heteroatoms. The second-order valence-electron chi connectivity index (χ2n) is 5.69. The highest BCUT2D eigenvalue weighted by molar-refractivity contribution is 9.11. The third-order valence-corrected chi connectivity index (χ3v) is 8.23. The number of nitrogens with zero attached hydrogens (tertiary/aromatic N) is 2. The van der Waals surface area contributed by atoms with Gasteiger partial charge in [-0.2, -0.15) is 0 Å². The van der Waals surface area contributed by atoms with E-state index in [0.29, 0.717) is 0 Å². The first-order valence-corrected chi connectivity index (χ1v) is 12.8. The summed E-state index contributed by atoms with van der Waals surface area (Å²) in [4.78, 5) is 9.83. The minimum atomic E-state index is 0. The average Bonchev–Trinajstić information content (AvgIpc) is 2.55. The van der Waals surface area contributed by atoms with Gasteiger partial charge in [0.25, 0.3) is 0 Å². The molecule has 0 unspecified atom stereocenters. The van der Waals surface area contributed by atoms with Crippen LogP contribution in [0.25, 0.3) is 0 Å². The summed E-state index contributed by atoms with van der Waals surface area (Å²) >= 11 is 18.0. The van der Waals surface area contributed by atoms with Crippen LogP contribution in [0.5, 0.6) is 0 Å². The summed E-state index contributed by atoms with van der Waals surface area (Å²) in [6, 6.07) is 8.31. The smallest absolute Gasteiger partial charge is 0.129 e. The molecule has 1 aliphatic rings. The van der Waals surface area contributed by atoms with Crippen molar-refractivity contribution >= 4 is 109 Å². The molecule has 1 fully saturated rings. The van der Waals surface area contributed by atoms with Gasteiger partial charge in [0.15, 0.2) is 0 Å². The van der Waals surface area contributed by atoms with Crippen LogP contribution in [0.3, 0.4) is 0 Å². The van der Waals surface area contributed by atoms with Gasteiger partial charge in [0.2, 0.25) is 0 Å². The van der Waals surface area contributed by atoms with E-state index in [1.54, 1.807) is 23.5 Å². The van der Waals surface area contributed by atoms with Crippen LogP contribution < -0.4 is 0 Å². The maximum atomic E-state index is 4.92. The maximum absolute atomic E-state index is 4.92. The second kappa shape index (κ2) is 10.4. The van der Waals surface area contributed by atoms with Crippen LogP contribution in [0, 0.1) is 13.8 Å². The summed E-state index contributed by atoms with van der Waals surface area (Å²) in [7, 11) is 0. The summed E-state index contributed by atoms with van der Waals surface area (Å²) in [5.41, 5.74) is 4.16. The summed E-state index contributed by atoms with van der Waals surface area (Å²) in [6.45, 7) is 4.13. The fourth-order valence-corrected chi connectivity index (χ4v) is 7.60. The van der Waals surface area contributed by atoms with Gasteiger partial charge >= 0.3 is 0 Å². The van der Waals surface area contributed by atoms with Crippen molar-refractivity contribution in [2.45, 2.75) is 21.3 Å². The van der Waals surface area contributed by atoms with Crippen molar-refractivity contribution in [3.63, 3.8) is 0 Å². The quantitative estimate of drug-likeness (QED) is 0.322. The highest BCUT2D eigenvalue weighted by Crippen LogP contribution is 2.39. The highest BCUT2D eigenvalue weighted by atomic mass is 79.9. The van der Waals surface area contributed by atoms with E-state index in [2.05, 4.69) is 102 Å².